The molecule has 7 N–H and O–H groups in total. The van der Waals surface area contributed by atoms with E-state index in [9.17, 15) is 38.7 Å². The molecule has 0 radical (unpaired) electrons. The van der Waals surface area contributed by atoms with E-state index in [1.54, 1.807) is 6.08 Å². The van der Waals surface area contributed by atoms with Gasteiger partial charge in [-0.1, -0.05) is 160 Å². The second-order valence-corrected chi connectivity index (χ2v) is 16.8. The van der Waals surface area contributed by atoms with Crippen LogP contribution in [0.15, 0.2) is 24.3 Å². The van der Waals surface area contributed by atoms with E-state index in [4.69, 9.17) is 14.0 Å². The van der Waals surface area contributed by atoms with Gasteiger partial charge in [-0.3, -0.25) is 9.35 Å². The number of aliphatic hydroxyl groups is 5. The molecule has 1 amide bonds. The zero-order chi connectivity index (χ0) is 42.2. The number of carbonyl (C=O) groups is 1. The van der Waals surface area contributed by atoms with E-state index >= 15 is 0 Å². The van der Waals surface area contributed by atoms with Crippen LogP contribution in [0.1, 0.15) is 181 Å². The average molecular weight is 836 g/mol. The molecule has 336 valence electrons. The van der Waals surface area contributed by atoms with Crippen molar-refractivity contribution in [2.45, 2.75) is 230 Å². The van der Waals surface area contributed by atoms with Crippen LogP contribution in [0.3, 0.4) is 0 Å². The van der Waals surface area contributed by atoms with Crippen LogP contribution in [0.4, 0.5) is 0 Å². The Balaban J connectivity index is 2.53. The fourth-order valence-corrected chi connectivity index (χ4v) is 7.49. The molecule has 1 aliphatic heterocycles. The Kier molecular flexibility index (Phi) is 32.2. The first-order valence-electron chi connectivity index (χ1n) is 22.3. The molecule has 0 aromatic rings. The molecule has 0 saturated carbocycles. The molecule has 1 aliphatic rings. The zero-order valence-electron chi connectivity index (χ0n) is 35.3. The summed E-state index contributed by atoms with van der Waals surface area (Å²) in [5.41, 5.74) is 0. The van der Waals surface area contributed by atoms with Gasteiger partial charge in [0.15, 0.2) is 6.29 Å². The van der Waals surface area contributed by atoms with Crippen LogP contribution in [-0.2, 0) is 28.9 Å². The predicted molar refractivity (Wildman–Crippen MR) is 224 cm³/mol. The molecule has 8 unspecified atom stereocenters. The second-order valence-electron chi connectivity index (χ2n) is 15.8. The van der Waals surface area contributed by atoms with Gasteiger partial charge in [0, 0.05) is 0 Å². The molecule has 57 heavy (non-hydrogen) atoms. The van der Waals surface area contributed by atoms with Crippen LogP contribution in [0.25, 0.3) is 0 Å². The van der Waals surface area contributed by atoms with Crippen molar-refractivity contribution < 1.29 is 57.0 Å². The fourth-order valence-electron chi connectivity index (χ4n) is 6.98. The number of nitrogens with one attached hydrogen (secondary N) is 1. The third kappa shape index (κ3) is 27.1. The van der Waals surface area contributed by atoms with Crippen molar-refractivity contribution in [2.24, 2.45) is 0 Å². The van der Waals surface area contributed by atoms with Gasteiger partial charge in [-0.05, 0) is 44.9 Å². The quantitative estimate of drug-likeness (QED) is 0.0189. The Labute approximate surface area is 345 Å². The van der Waals surface area contributed by atoms with E-state index in [2.05, 4.69) is 35.5 Å². The Bertz CT molecular complexity index is 1140. The van der Waals surface area contributed by atoms with Gasteiger partial charge in [-0.15, -0.1) is 0 Å². The monoisotopic (exact) mass is 836 g/mol. The molecular formula is C43H81NO12S. The van der Waals surface area contributed by atoms with Crippen LogP contribution < -0.4 is 5.32 Å². The van der Waals surface area contributed by atoms with Gasteiger partial charge in [0.05, 0.1) is 25.4 Å². The molecule has 1 rings (SSSR count). The molecule has 1 saturated heterocycles. The third-order valence-corrected chi connectivity index (χ3v) is 11.0. The number of carbonyl (C=O) groups excluding carboxylic acids is 1. The van der Waals surface area contributed by atoms with Crippen LogP contribution in [0, 0.1) is 0 Å². The Morgan fingerprint density at radius 3 is 1.63 bits per heavy atom. The smallest absolute Gasteiger partial charge is 0.394 e. The summed E-state index contributed by atoms with van der Waals surface area (Å²) in [5.74, 6) is -0.710. The fraction of sp³-hybridized carbons (Fsp3) is 0.884. The van der Waals surface area contributed by atoms with Crippen molar-refractivity contribution >= 4 is 16.3 Å². The predicted octanol–water partition coefficient (Wildman–Crippen LogP) is 7.13. The number of hydrogen-bond donors (Lipinski definition) is 7. The summed E-state index contributed by atoms with van der Waals surface area (Å²) < 4.78 is 47.3. The van der Waals surface area contributed by atoms with E-state index < -0.39 is 78.5 Å². The number of unbranched alkanes of at least 4 members (excludes halogenated alkanes) is 22. The van der Waals surface area contributed by atoms with E-state index in [0.29, 0.717) is 12.8 Å². The number of rotatable bonds is 37. The van der Waals surface area contributed by atoms with Crippen molar-refractivity contribution in [3.8, 4) is 0 Å². The zero-order valence-corrected chi connectivity index (χ0v) is 36.1. The summed E-state index contributed by atoms with van der Waals surface area (Å²) in [6, 6.07) is -1.12. The van der Waals surface area contributed by atoms with Gasteiger partial charge in [0.25, 0.3) is 0 Å². The van der Waals surface area contributed by atoms with Gasteiger partial charge in [0.2, 0.25) is 5.91 Å². The molecule has 0 aromatic carbocycles. The number of ether oxygens (including phenoxy) is 2. The minimum atomic E-state index is -5.11. The lowest BCUT2D eigenvalue weighted by Crippen LogP contribution is -2.61. The highest BCUT2D eigenvalue weighted by atomic mass is 32.3. The van der Waals surface area contributed by atoms with Gasteiger partial charge in [-0.25, -0.2) is 4.18 Å². The lowest BCUT2D eigenvalue weighted by atomic mass is 9.99. The van der Waals surface area contributed by atoms with E-state index in [1.807, 2.05) is 0 Å². The largest absolute Gasteiger partial charge is 0.397 e. The standard InChI is InChI=1S/C43H81NO12S/c1-3-5-7-9-11-13-14-15-16-17-18-19-20-21-22-24-26-28-30-32-37(47)42(50)44-35(36(46)31-29-27-25-23-12-10-8-6-4-2)34-54-43-40(49)41(56-57(51,52)53)39(48)38(33-45)55-43/h18-19,29,31,35-41,43,45-49H,3-17,20-28,30,32-34H2,1-2H3,(H,44,50)(H,51,52,53)/b19-18-,31-29+. The highest BCUT2D eigenvalue weighted by molar-refractivity contribution is 7.80. The maximum absolute atomic E-state index is 13.1. The van der Waals surface area contributed by atoms with Crippen LogP contribution in [0.5, 0.6) is 0 Å². The first kappa shape index (κ1) is 53.6. The van der Waals surface area contributed by atoms with Crippen LogP contribution >= 0.6 is 0 Å². The van der Waals surface area contributed by atoms with Crippen LogP contribution in [0.2, 0.25) is 0 Å². The lowest BCUT2D eigenvalue weighted by Gasteiger charge is -2.41. The van der Waals surface area contributed by atoms with Gasteiger partial charge in [0.1, 0.15) is 30.5 Å². The Morgan fingerprint density at radius 2 is 1.16 bits per heavy atom. The summed E-state index contributed by atoms with van der Waals surface area (Å²) >= 11 is 0. The molecule has 0 aliphatic carbocycles. The van der Waals surface area contributed by atoms with Gasteiger partial charge < -0.3 is 40.3 Å². The highest BCUT2D eigenvalue weighted by Crippen LogP contribution is 2.26. The molecule has 14 heteroatoms. The van der Waals surface area contributed by atoms with Crippen molar-refractivity contribution in [3.05, 3.63) is 24.3 Å². The maximum Gasteiger partial charge on any atom is 0.397 e. The third-order valence-electron chi connectivity index (χ3n) is 10.6. The Hall–Kier alpha value is -1.46. The molecule has 13 nitrogen and oxygen atoms in total. The van der Waals surface area contributed by atoms with Crippen molar-refractivity contribution in [3.63, 3.8) is 0 Å². The summed E-state index contributed by atoms with van der Waals surface area (Å²) in [6.45, 7) is 3.16. The van der Waals surface area contributed by atoms with E-state index in [-0.39, 0.29) is 6.42 Å². The molecule has 0 spiro atoms. The van der Waals surface area contributed by atoms with E-state index in [0.717, 1.165) is 64.2 Å². The van der Waals surface area contributed by atoms with Gasteiger partial charge in [-0.2, -0.15) is 8.42 Å². The van der Waals surface area contributed by atoms with Crippen LogP contribution in [-0.4, -0.2) is 107 Å². The normalized spacial score (nSPS) is 22.0. The first-order valence-corrected chi connectivity index (χ1v) is 23.7. The minimum Gasteiger partial charge on any atom is -0.394 e. The SMILES string of the molecule is CCCCCCCCC/C=C/C(O)C(COC1OC(CO)C(O)C(OS(=O)(=O)O)C1O)NC(=O)C(O)CCCCCCCC/C=C\CCCCCCCCCCC. The lowest BCUT2D eigenvalue weighted by molar-refractivity contribution is -0.298. The Morgan fingerprint density at radius 1 is 0.702 bits per heavy atom. The van der Waals surface area contributed by atoms with Crippen molar-refractivity contribution in [1.82, 2.24) is 5.32 Å². The summed E-state index contributed by atoms with van der Waals surface area (Å²) in [6.07, 6.45) is 25.7. The van der Waals surface area contributed by atoms with Crippen molar-refractivity contribution in [2.75, 3.05) is 13.2 Å². The molecule has 1 fully saturated rings. The number of hydrogen-bond acceptors (Lipinski definition) is 11. The van der Waals surface area contributed by atoms with E-state index in [1.165, 1.54) is 89.5 Å². The minimum absolute atomic E-state index is 0.236. The highest BCUT2D eigenvalue weighted by Gasteiger charge is 2.48. The maximum atomic E-state index is 13.1. The molecule has 0 bridgehead atoms. The summed E-state index contributed by atoms with van der Waals surface area (Å²) in [5, 5.41) is 55.0. The number of allylic oxidation sites excluding steroid dienone is 3. The number of aliphatic hydroxyl groups excluding tert-OH is 5. The van der Waals surface area contributed by atoms with Crippen molar-refractivity contribution in [1.29, 1.82) is 0 Å². The molecular weight excluding hydrogens is 755 g/mol. The summed E-state index contributed by atoms with van der Waals surface area (Å²) in [7, 11) is -5.11. The van der Waals surface area contributed by atoms with Gasteiger partial charge >= 0.3 is 10.4 Å². The topological polar surface area (TPSA) is 212 Å². The summed E-state index contributed by atoms with van der Waals surface area (Å²) in [4.78, 5) is 13.1. The number of amides is 1. The molecule has 1 heterocycles. The molecule has 8 atom stereocenters. The average Bonchev–Trinajstić information content (AvgIpc) is 3.18. The first-order chi connectivity index (χ1) is 27.4. The molecule has 0 aromatic heterocycles. The second kappa shape index (κ2) is 34.3.